The average Bonchev–Trinajstić information content (AvgIpc) is 3.01. The van der Waals surface area contributed by atoms with Gasteiger partial charge in [0.05, 0.1) is 11.4 Å². The van der Waals surface area contributed by atoms with Crippen molar-refractivity contribution in [1.29, 1.82) is 0 Å². The Morgan fingerprint density at radius 1 is 1.15 bits per heavy atom. The van der Waals surface area contributed by atoms with Gasteiger partial charge in [0.1, 0.15) is 11.2 Å². The van der Waals surface area contributed by atoms with E-state index in [1.165, 1.54) is 11.8 Å². The highest BCUT2D eigenvalue weighted by Gasteiger charge is 2.45. The third-order valence-corrected chi connectivity index (χ3v) is 4.51. The van der Waals surface area contributed by atoms with Crippen LogP contribution in [-0.4, -0.2) is 34.0 Å². The van der Waals surface area contributed by atoms with Crippen molar-refractivity contribution < 1.29 is 19.1 Å². The van der Waals surface area contributed by atoms with Crippen LogP contribution in [0.15, 0.2) is 42.6 Å². The van der Waals surface area contributed by atoms with Crippen molar-refractivity contribution in [3.05, 3.63) is 48.3 Å². The Morgan fingerprint density at radius 3 is 2.50 bits per heavy atom. The lowest BCUT2D eigenvalue weighted by molar-refractivity contribution is -0.131. The molecule has 1 aliphatic heterocycles. The molecule has 136 valence electrons. The number of anilines is 2. The fraction of sp³-hybridized carbons (Fsp3) is 0.316. The van der Waals surface area contributed by atoms with Crippen LogP contribution in [0.4, 0.5) is 11.4 Å². The molecule has 1 aromatic carbocycles. The lowest BCUT2D eigenvalue weighted by atomic mass is 9.95. The Morgan fingerprint density at radius 2 is 1.85 bits per heavy atom. The molecular formula is C19H21N3O4. The number of aryl methyl sites for hydroxylation is 1. The molecule has 0 fully saturated rings. The first-order valence-corrected chi connectivity index (χ1v) is 8.30. The number of hydrogen-bond acceptors (Lipinski definition) is 4. The zero-order valence-electron chi connectivity index (χ0n) is 15.1. The van der Waals surface area contributed by atoms with Gasteiger partial charge in [-0.2, -0.15) is 0 Å². The number of ether oxygens (including phenoxy) is 1. The quantitative estimate of drug-likeness (QED) is 0.857. The highest BCUT2D eigenvalue weighted by atomic mass is 16.5. The summed E-state index contributed by atoms with van der Waals surface area (Å²) in [5.74, 6) is -1.35. The number of fused-ring (bicyclic) bond motifs is 1. The van der Waals surface area contributed by atoms with E-state index in [9.17, 15) is 14.4 Å². The second-order valence-electron chi connectivity index (χ2n) is 6.76. The summed E-state index contributed by atoms with van der Waals surface area (Å²) < 4.78 is 6.97. The Labute approximate surface area is 151 Å². The summed E-state index contributed by atoms with van der Waals surface area (Å²) in [4.78, 5) is 39.2. The van der Waals surface area contributed by atoms with E-state index in [1.54, 1.807) is 68.1 Å². The number of amides is 2. The van der Waals surface area contributed by atoms with Crippen LogP contribution in [0.1, 0.15) is 31.3 Å². The number of benzene rings is 1. The van der Waals surface area contributed by atoms with Gasteiger partial charge in [-0.15, -0.1) is 0 Å². The molecule has 7 nitrogen and oxygen atoms in total. The maximum absolute atomic E-state index is 13.1. The molecule has 0 saturated carbocycles. The van der Waals surface area contributed by atoms with Crippen molar-refractivity contribution >= 4 is 29.2 Å². The topological polar surface area (TPSA) is 80.6 Å². The third-order valence-electron chi connectivity index (χ3n) is 4.51. The zero-order valence-corrected chi connectivity index (χ0v) is 15.1. The van der Waals surface area contributed by atoms with Gasteiger partial charge in [-0.1, -0.05) is 12.1 Å². The number of esters is 1. The first kappa shape index (κ1) is 17.7. The van der Waals surface area contributed by atoms with Gasteiger partial charge in [-0.25, -0.2) is 4.79 Å². The van der Waals surface area contributed by atoms with E-state index in [4.69, 9.17) is 4.74 Å². The summed E-state index contributed by atoms with van der Waals surface area (Å²) in [6.07, 6.45) is 0.674. The van der Waals surface area contributed by atoms with Gasteiger partial charge in [0.25, 0.3) is 5.91 Å². The van der Waals surface area contributed by atoms with E-state index >= 15 is 0 Å². The first-order valence-electron chi connectivity index (χ1n) is 8.30. The van der Waals surface area contributed by atoms with Crippen molar-refractivity contribution in [2.45, 2.75) is 32.4 Å². The summed E-state index contributed by atoms with van der Waals surface area (Å²) >= 11 is 0. The van der Waals surface area contributed by atoms with Crippen LogP contribution in [-0.2, 0) is 21.4 Å². The molecule has 1 aromatic heterocycles. The molecule has 1 aliphatic rings. The molecular weight excluding hydrogens is 334 g/mol. The molecule has 1 N–H and O–H groups in total. The van der Waals surface area contributed by atoms with E-state index in [2.05, 4.69) is 5.32 Å². The zero-order chi connectivity index (χ0) is 19.1. The van der Waals surface area contributed by atoms with Crippen LogP contribution in [0.25, 0.3) is 0 Å². The summed E-state index contributed by atoms with van der Waals surface area (Å²) in [6, 6.07) is 10.4. The molecule has 7 heteroatoms. The monoisotopic (exact) mass is 355 g/mol. The van der Waals surface area contributed by atoms with E-state index in [0.29, 0.717) is 17.1 Å². The number of nitrogens with zero attached hydrogens (tertiary/aromatic N) is 2. The largest absolute Gasteiger partial charge is 0.448 e. The molecule has 0 unspecified atom stereocenters. The maximum atomic E-state index is 13.1. The van der Waals surface area contributed by atoms with Crippen LogP contribution in [0.2, 0.25) is 0 Å². The van der Waals surface area contributed by atoms with Crippen molar-refractivity contribution in [1.82, 2.24) is 4.57 Å². The Kier molecular flexibility index (Phi) is 4.31. The van der Waals surface area contributed by atoms with Crippen molar-refractivity contribution in [3.8, 4) is 0 Å². The second kappa shape index (κ2) is 6.33. The van der Waals surface area contributed by atoms with Gasteiger partial charge in [0.15, 0.2) is 6.10 Å². The number of nitrogens with one attached hydrogen (secondary N) is 1. The number of rotatable bonds is 3. The molecule has 3 rings (SSSR count). The first-order chi connectivity index (χ1) is 12.2. The molecule has 2 aromatic rings. The van der Waals surface area contributed by atoms with Crippen molar-refractivity contribution in [2.24, 2.45) is 7.05 Å². The van der Waals surface area contributed by atoms with E-state index in [-0.39, 0.29) is 5.91 Å². The average molecular weight is 355 g/mol. The number of hydrogen-bond donors (Lipinski definition) is 1. The Balaban J connectivity index is 1.89. The summed E-state index contributed by atoms with van der Waals surface area (Å²) in [6.45, 7) is 4.82. The minimum absolute atomic E-state index is 0.300. The fourth-order valence-corrected chi connectivity index (χ4v) is 2.97. The van der Waals surface area contributed by atoms with E-state index < -0.39 is 23.5 Å². The van der Waals surface area contributed by atoms with Gasteiger partial charge in [-0.05, 0) is 45.0 Å². The Hall–Kier alpha value is -3.09. The summed E-state index contributed by atoms with van der Waals surface area (Å²) in [7, 11) is 1.72. The van der Waals surface area contributed by atoms with Gasteiger partial charge >= 0.3 is 5.97 Å². The van der Waals surface area contributed by atoms with Crippen LogP contribution in [0.3, 0.4) is 0 Å². The number of carbonyl (C=O) groups excluding carboxylic acids is 3. The highest BCUT2D eigenvalue weighted by molar-refractivity contribution is 6.15. The molecule has 2 heterocycles. The molecule has 0 aliphatic carbocycles. The molecule has 26 heavy (non-hydrogen) atoms. The predicted octanol–water partition coefficient (Wildman–Crippen LogP) is 2.33. The lowest BCUT2D eigenvalue weighted by Crippen LogP contribution is -2.60. The Bertz CT molecular complexity index is 884. The van der Waals surface area contributed by atoms with Crippen LogP contribution in [0, 0.1) is 0 Å². The van der Waals surface area contributed by atoms with Crippen molar-refractivity contribution in [2.75, 3.05) is 10.2 Å². The van der Waals surface area contributed by atoms with Crippen molar-refractivity contribution in [3.63, 3.8) is 0 Å². The third kappa shape index (κ3) is 2.85. The fourth-order valence-electron chi connectivity index (χ4n) is 2.97. The minimum Gasteiger partial charge on any atom is -0.448 e. The van der Waals surface area contributed by atoms with Crippen LogP contribution >= 0.6 is 0 Å². The molecule has 1 atom stereocenters. The number of carbonyl (C=O) groups is 3. The maximum Gasteiger partial charge on any atom is 0.355 e. The smallest absolute Gasteiger partial charge is 0.355 e. The van der Waals surface area contributed by atoms with Gasteiger partial charge in [-0.3, -0.25) is 14.5 Å². The SMILES string of the molecule is C[C@H](OC(=O)c1cccn1C)C(=O)N1c2ccccc2NC(=O)C1(C)C. The van der Waals surface area contributed by atoms with Crippen LogP contribution < -0.4 is 10.2 Å². The van der Waals surface area contributed by atoms with E-state index in [0.717, 1.165) is 0 Å². The van der Waals surface area contributed by atoms with Crippen LogP contribution in [0.5, 0.6) is 0 Å². The lowest BCUT2D eigenvalue weighted by Gasteiger charge is -2.42. The molecule has 0 saturated heterocycles. The standard InChI is InChI=1S/C19H21N3O4/c1-12(26-17(24)15-10-7-11-21(15)4)16(23)22-14-9-6-5-8-13(14)20-18(25)19(22,2)3/h5-12H,1-4H3,(H,20,25)/t12-/m0/s1. The molecule has 2 amide bonds. The normalized spacial score (nSPS) is 16.5. The van der Waals surface area contributed by atoms with Gasteiger partial charge in [0, 0.05) is 13.2 Å². The molecule has 0 radical (unpaired) electrons. The number of para-hydroxylation sites is 2. The van der Waals surface area contributed by atoms with Gasteiger partial charge < -0.3 is 14.6 Å². The molecule has 0 bridgehead atoms. The highest BCUT2D eigenvalue weighted by Crippen LogP contribution is 2.37. The summed E-state index contributed by atoms with van der Waals surface area (Å²) in [5, 5.41) is 2.80. The summed E-state index contributed by atoms with van der Waals surface area (Å²) in [5.41, 5.74) is 0.354. The minimum atomic E-state index is -1.11. The van der Waals surface area contributed by atoms with E-state index in [1.807, 2.05) is 0 Å². The predicted molar refractivity (Wildman–Crippen MR) is 96.9 cm³/mol. The second-order valence-corrected chi connectivity index (χ2v) is 6.76. The number of aromatic nitrogens is 1. The molecule has 0 spiro atoms. The van der Waals surface area contributed by atoms with Gasteiger partial charge in [0.2, 0.25) is 5.91 Å².